The highest BCUT2D eigenvalue weighted by atomic mass is 35.5. The van der Waals surface area contributed by atoms with Crippen LogP contribution in [-0.2, 0) is 4.74 Å². The first-order valence-electron chi connectivity index (χ1n) is 7.81. The van der Waals surface area contributed by atoms with Crippen LogP contribution in [0.2, 0.25) is 5.28 Å². The molecule has 0 radical (unpaired) electrons. The van der Waals surface area contributed by atoms with Crippen molar-refractivity contribution in [2.45, 2.75) is 37.2 Å². The van der Waals surface area contributed by atoms with Crippen molar-refractivity contribution < 1.29 is 9.84 Å². The summed E-state index contributed by atoms with van der Waals surface area (Å²) in [6, 6.07) is 0. The molecular weight excluding hydrogens is 304 g/mol. The maximum atomic E-state index is 10.0. The number of aliphatic imine (C=N–C) groups is 1. The maximum absolute atomic E-state index is 10.0. The Morgan fingerprint density at radius 1 is 1.32 bits per heavy atom. The number of aliphatic hydroxyl groups is 1. The van der Waals surface area contributed by atoms with Gasteiger partial charge in [0.25, 0.3) is 0 Å². The predicted molar refractivity (Wildman–Crippen MR) is 84.4 cm³/mol. The number of hydrogen-bond donors (Lipinski definition) is 1. The molecule has 2 fully saturated rings. The topological polar surface area (TPSA) is 70.8 Å². The van der Waals surface area contributed by atoms with Crippen LogP contribution in [-0.4, -0.2) is 53.2 Å². The number of halogens is 1. The molecule has 3 heterocycles. The number of anilines is 1. The molecular formula is C15H19ClN4O2. The Morgan fingerprint density at radius 2 is 2.09 bits per heavy atom. The van der Waals surface area contributed by atoms with Crippen molar-refractivity contribution in [2.24, 2.45) is 4.99 Å². The van der Waals surface area contributed by atoms with Gasteiger partial charge >= 0.3 is 0 Å². The normalized spacial score (nSPS) is 25.4. The summed E-state index contributed by atoms with van der Waals surface area (Å²) in [6.45, 7) is 2.96. The minimum atomic E-state index is -0.444. The standard InChI is InChI=1S/C15H19ClN4O2/c16-14-18-11-10(1-2-15(21)3-4-15)9-17-12(11)13(19-14)20-5-7-22-8-6-20/h9-10,21H,1-8H2. The Hall–Kier alpha value is -1.24. The fraction of sp³-hybridized carbons (Fsp3) is 0.667. The fourth-order valence-electron chi connectivity index (χ4n) is 3.08. The Bertz CT molecular complexity index is 612. The number of morpholine rings is 1. The summed E-state index contributed by atoms with van der Waals surface area (Å²) in [7, 11) is 0. The van der Waals surface area contributed by atoms with Gasteiger partial charge in [-0.25, -0.2) is 4.98 Å². The number of fused-ring (bicyclic) bond motifs is 1. The van der Waals surface area contributed by atoms with Gasteiger partial charge in [0.05, 0.1) is 24.5 Å². The zero-order valence-corrected chi connectivity index (χ0v) is 13.1. The highest BCUT2D eigenvalue weighted by Gasteiger charge is 2.41. The third-order valence-electron chi connectivity index (χ3n) is 4.66. The maximum Gasteiger partial charge on any atom is 0.224 e. The summed E-state index contributed by atoms with van der Waals surface area (Å²) >= 11 is 6.13. The second-order valence-corrected chi connectivity index (χ2v) is 6.64. The molecule has 0 spiro atoms. The van der Waals surface area contributed by atoms with Crippen molar-refractivity contribution >= 4 is 29.3 Å². The fourth-order valence-corrected chi connectivity index (χ4v) is 3.25. The third kappa shape index (κ3) is 2.71. The van der Waals surface area contributed by atoms with Crippen LogP contribution in [0.4, 0.5) is 11.5 Å². The lowest BCUT2D eigenvalue weighted by Crippen LogP contribution is -2.37. The molecule has 22 heavy (non-hydrogen) atoms. The molecule has 1 aromatic heterocycles. The van der Waals surface area contributed by atoms with E-state index in [0.717, 1.165) is 56.0 Å². The molecule has 0 amide bonds. The first-order valence-corrected chi connectivity index (χ1v) is 8.19. The van der Waals surface area contributed by atoms with Gasteiger partial charge in [0, 0.05) is 25.2 Å². The van der Waals surface area contributed by atoms with E-state index in [4.69, 9.17) is 16.3 Å². The van der Waals surface area contributed by atoms with Gasteiger partial charge in [0.15, 0.2) is 5.82 Å². The molecule has 118 valence electrons. The monoisotopic (exact) mass is 322 g/mol. The van der Waals surface area contributed by atoms with E-state index in [1.807, 2.05) is 6.21 Å². The van der Waals surface area contributed by atoms with E-state index in [-0.39, 0.29) is 11.2 Å². The first-order chi connectivity index (χ1) is 10.6. The van der Waals surface area contributed by atoms with Gasteiger partial charge < -0.3 is 14.7 Å². The smallest absolute Gasteiger partial charge is 0.224 e. The number of ether oxygens (including phenoxy) is 1. The van der Waals surface area contributed by atoms with Gasteiger partial charge in [-0.15, -0.1) is 0 Å². The van der Waals surface area contributed by atoms with Crippen LogP contribution in [0.5, 0.6) is 0 Å². The van der Waals surface area contributed by atoms with Gasteiger partial charge in [0.1, 0.15) is 5.69 Å². The Kier molecular flexibility index (Phi) is 3.55. The van der Waals surface area contributed by atoms with E-state index in [1.165, 1.54) is 0 Å². The Labute approximate surface area is 134 Å². The second kappa shape index (κ2) is 5.44. The minimum Gasteiger partial charge on any atom is -0.390 e. The van der Waals surface area contributed by atoms with Crippen molar-refractivity contribution in [3.63, 3.8) is 0 Å². The van der Waals surface area contributed by atoms with Crippen LogP contribution < -0.4 is 4.90 Å². The minimum absolute atomic E-state index is 0.125. The molecule has 1 saturated carbocycles. The molecule has 0 aromatic carbocycles. The number of aromatic nitrogens is 2. The molecule has 1 aliphatic carbocycles. The molecule has 4 rings (SSSR count). The molecule has 3 aliphatic rings. The summed E-state index contributed by atoms with van der Waals surface area (Å²) < 4.78 is 5.39. The van der Waals surface area contributed by atoms with E-state index in [9.17, 15) is 5.11 Å². The zero-order valence-electron chi connectivity index (χ0n) is 12.3. The van der Waals surface area contributed by atoms with E-state index in [2.05, 4.69) is 19.9 Å². The third-order valence-corrected chi connectivity index (χ3v) is 4.83. The SMILES string of the molecule is OC1(CCC2C=Nc3c2nc(Cl)nc3N2CCOCC2)CC1. The molecule has 6 nitrogen and oxygen atoms in total. The highest BCUT2D eigenvalue weighted by molar-refractivity contribution is 6.28. The highest BCUT2D eigenvalue weighted by Crippen LogP contribution is 2.45. The predicted octanol–water partition coefficient (Wildman–Crippen LogP) is 2.07. The Balaban J connectivity index is 1.59. The lowest BCUT2D eigenvalue weighted by molar-refractivity contribution is 0.122. The number of nitrogens with zero attached hydrogens (tertiary/aromatic N) is 4. The first kappa shape index (κ1) is 14.4. The molecule has 0 bridgehead atoms. The van der Waals surface area contributed by atoms with E-state index in [1.54, 1.807) is 0 Å². The summed E-state index contributed by atoms with van der Waals surface area (Å²) in [6.07, 6.45) is 5.38. The quantitative estimate of drug-likeness (QED) is 0.859. The largest absolute Gasteiger partial charge is 0.390 e. The molecule has 1 unspecified atom stereocenters. The summed E-state index contributed by atoms with van der Waals surface area (Å²) in [5.41, 5.74) is 1.28. The van der Waals surface area contributed by atoms with Crippen LogP contribution in [0.3, 0.4) is 0 Å². The van der Waals surface area contributed by atoms with Gasteiger partial charge in [-0.05, 0) is 37.3 Å². The van der Waals surface area contributed by atoms with Crippen molar-refractivity contribution in [2.75, 3.05) is 31.2 Å². The zero-order chi connectivity index (χ0) is 15.2. The lowest BCUT2D eigenvalue weighted by atomic mass is 9.98. The van der Waals surface area contributed by atoms with E-state index < -0.39 is 5.60 Å². The van der Waals surface area contributed by atoms with Crippen LogP contribution in [0.15, 0.2) is 4.99 Å². The average Bonchev–Trinajstić information content (AvgIpc) is 3.13. The van der Waals surface area contributed by atoms with Gasteiger partial charge in [-0.2, -0.15) is 4.98 Å². The Morgan fingerprint density at radius 3 is 2.82 bits per heavy atom. The molecule has 2 aliphatic heterocycles. The molecule has 1 aromatic rings. The lowest BCUT2D eigenvalue weighted by Gasteiger charge is -2.28. The second-order valence-electron chi connectivity index (χ2n) is 6.30. The van der Waals surface area contributed by atoms with Crippen LogP contribution in [0.1, 0.15) is 37.3 Å². The number of rotatable bonds is 4. The number of hydrogen-bond acceptors (Lipinski definition) is 6. The summed E-state index contributed by atoms with van der Waals surface area (Å²) in [5, 5.41) is 10.3. The summed E-state index contributed by atoms with van der Waals surface area (Å²) in [5.74, 6) is 0.932. The van der Waals surface area contributed by atoms with Crippen molar-refractivity contribution in [3.05, 3.63) is 11.0 Å². The molecule has 1 saturated heterocycles. The molecule has 7 heteroatoms. The van der Waals surface area contributed by atoms with E-state index >= 15 is 0 Å². The van der Waals surface area contributed by atoms with Gasteiger partial charge in [-0.3, -0.25) is 4.99 Å². The van der Waals surface area contributed by atoms with Crippen LogP contribution in [0.25, 0.3) is 0 Å². The van der Waals surface area contributed by atoms with Crippen molar-refractivity contribution in [3.8, 4) is 0 Å². The van der Waals surface area contributed by atoms with Crippen LogP contribution >= 0.6 is 11.6 Å². The van der Waals surface area contributed by atoms with Crippen LogP contribution in [0, 0.1) is 0 Å². The molecule has 1 N–H and O–H groups in total. The van der Waals surface area contributed by atoms with Gasteiger partial charge in [0.2, 0.25) is 5.28 Å². The molecule has 1 atom stereocenters. The average molecular weight is 323 g/mol. The van der Waals surface area contributed by atoms with E-state index in [0.29, 0.717) is 13.2 Å². The van der Waals surface area contributed by atoms with Crippen molar-refractivity contribution in [1.29, 1.82) is 0 Å². The van der Waals surface area contributed by atoms with Crippen molar-refractivity contribution in [1.82, 2.24) is 9.97 Å². The van der Waals surface area contributed by atoms with Gasteiger partial charge in [-0.1, -0.05) is 0 Å². The summed E-state index contributed by atoms with van der Waals surface area (Å²) in [4.78, 5) is 15.5.